The zero-order valence-electron chi connectivity index (χ0n) is 17.5. The van der Waals surface area contributed by atoms with E-state index in [0.717, 1.165) is 30.5 Å². The monoisotopic (exact) mass is 427 g/mol. The number of aliphatic carboxylic acids is 1. The summed E-state index contributed by atoms with van der Waals surface area (Å²) in [7, 11) is 0. The minimum Gasteiger partial charge on any atom is -0.481 e. The van der Waals surface area contributed by atoms with Gasteiger partial charge in [0.1, 0.15) is 6.10 Å². The van der Waals surface area contributed by atoms with Crippen LogP contribution in [-0.4, -0.2) is 59.3 Å². The number of nitrogens with zero attached hydrogens (tertiary/aromatic N) is 1. The fourth-order valence-corrected chi connectivity index (χ4v) is 6.15. The molecule has 0 saturated carbocycles. The molecule has 2 bridgehead atoms. The van der Waals surface area contributed by atoms with Crippen molar-refractivity contribution in [3.05, 3.63) is 35.4 Å². The lowest BCUT2D eigenvalue weighted by atomic mass is 9.53. The lowest BCUT2D eigenvalue weighted by Crippen LogP contribution is -2.66. The number of likely N-dealkylation sites (tertiary alicyclic amines) is 1. The molecule has 0 radical (unpaired) electrons. The first-order valence-corrected chi connectivity index (χ1v) is 10.6. The van der Waals surface area contributed by atoms with Gasteiger partial charge in [-0.15, -0.1) is 0 Å². The summed E-state index contributed by atoms with van der Waals surface area (Å²) >= 11 is 0. The van der Waals surface area contributed by atoms with Gasteiger partial charge in [0.25, 0.3) is 0 Å². The van der Waals surface area contributed by atoms with Gasteiger partial charge in [-0.05, 0) is 37.1 Å². The quantitative estimate of drug-likeness (QED) is 0.431. The molecule has 31 heavy (non-hydrogen) atoms. The van der Waals surface area contributed by atoms with Crippen LogP contribution in [0.1, 0.15) is 37.8 Å². The molecule has 8 heteroatoms. The van der Waals surface area contributed by atoms with Crippen LogP contribution in [0.2, 0.25) is 0 Å². The van der Waals surface area contributed by atoms with Crippen molar-refractivity contribution in [1.82, 2.24) is 4.90 Å². The molecular weight excluding hydrogens is 402 g/mol. The van der Waals surface area contributed by atoms with Crippen molar-refractivity contribution >= 4 is 17.9 Å². The highest BCUT2D eigenvalue weighted by atomic mass is 16.6. The van der Waals surface area contributed by atoms with Gasteiger partial charge in [0, 0.05) is 43.3 Å². The maximum atomic E-state index is 11.8. The van der Waals surface area contributed by atoms with E-state index in [1.807, 2.05) is 12.1 Å². The molecule has 0 amide bonds. The van der Waals surface area contributed by atoms with E-state index in [0.29, 0.717) is 18.0 Å². The lowest BCUT2D eigenvalue weighted by Gasteiger charge is -2.57. The Hall–Kier alpha value is -2.87. The second kappa shape index (κ2) is 7.09. The van der Waals surface area contributed by atoms with Gasteiger partial charge in [0.15, 0.2) is 17.6 Å². The summed E-state index contributed by atoms with van der Waals surface area (Å²) in [4.78, 5) is 36.9. The second-order valence-corrected chi connectivity index (χ2v) is 8.79. The van der Waals surface area contributed by atoms with Crippen LogP contribution in [-0.2, 0) is 31.0 Å². The van der Waals surface area contributed by atoms with E-state index in [9.17, 15) is 19.5 Å². The molecule has 1 spiro atoms. The third kappa shape index (κ3) is 2.96. The Balaban J connectivity index is 1.62. The Morgan fingerprint density at radius 1 is 1.23 bits per heavy atom. The number of piperidine rings is 1. The Labute approximate surface area is 179 Å². The van der Waals surface area contributed by atoms with E-state index in [4.69, 9.17) is 14.2 Å². The first kappa shape index (κ1) is 20.1. The molecule has 1 fully saturated rings. The van der Waals surface area contributed by atoms with Crippen molar-refractivity contribution in [3.8, 4) is 11.5 Å². The number of carboxylic acid groups (broad SMARTS) is 1. The van der Waals surface area contributed by atoms with Crippen LogP contribution in [0.3, 0.4) is 0 Å². The van der Waals surface area contributed by atoms with Crippen LogP contribution in [0.5, 0.6) is 11.5 Å². The zero-order chi connectivity index (χ0) is 21.9. The Kier molecular flexibility index (Phi) is 4.58. The molecule has 1 aromatic carbocycles. The molecule has 5 atom stereocenters. The van der Waals surface area contributed by atoms with Crippen molar-refractivity contribution in [1.29, 1.82) is 0 Å². The summed E-state index contributed by atoms with van der Waals surface area (Å²) in [6.07, 6.45) is 4.65. The van der Waals surface area contributed by atoms with E-state index in [1.54, 1.807) is 6.07 Å². The maximum Gasteiger partial charge on any atom is 0.308 e. The van der Waals surface area contributed by atoms with Crippen molar-refractivity contribution in [2.75, 3.05) is 13.1 Å². The van der Waals surface area contributed by atoms with Gasteiger partial charge in [-0.25, -0.2) is 0 Å². The average molecular weight is 427 g/mol. The molecule has 164 valence electrons. The van der Waals surface area contributed by atoms with Crippen LogP contribution >= 0.6 is 0 Å². The molecule has 8 nitrogen and oxygen atoms in total. The first-order chi connectivity index (χ1) is 14.8. The summed E-state index contributed by atoms with van der Waals surface area (Å²) in [5, 5.41) is 9.18. The summed E-state index contributed by atoms with van der Waals surface area (Å²) in [6, 6.07) is 3.87. The third-order valence-electron chi connectivity index (χ3n) is 7.12. The van der Waals surface area contributed by atoms with Crippen LogP contribution in [0.15, 0.2) is 24.3 Å². The minimum atomic E-state index is -0.805. The standard InChI is InChI=1S/C23H25NO7/c1-12(25)29-17-5-3-14-11-16-15-4-6-18(30-13(2)26)22-23(15,20(14)21(17)31-22)8-10-24(16)9-7-19(27)28/h3-6,15-16,18,22H,7-11H2,1-2H3,(H,27,28)/t15-,16+,18-,22-,23-/m0/s1. The van der Waals surface area contributed by atoms with Gasteiger partial charge in [-0.2, -0.15) is 0 Å². The van der Waals surface area contributed by atoms with Crippen LogP contribution < -0.4 is 9.47 Å². The van der Waals surface area contributed by atoms with Crippen molar-refractivity contribution < 1.29 is 33.7 Å². The molecule has 5 rings (SSSR count). The largest absolute Gasteiger partial charge is 0.481 e. The van der Waals surface area contributed by atoms with Gasteiger partial charge < -0.3 is 19.3 Å². The van der Waals surface area contributed by atoms with Crippen molar-refractivity contribution in [2.24, 2.45) is 5.92 Å². The predicted molar refractivity (Wildman–Crippen MR) is 108 cm³/mol. The Bertz CT molecular complexity index is 1000. The number of carboxylic acids is 1. The number of hydrogen-bond donors (Lipinski definition) is 1. The first-order valence-electron chi connectivity index (χ1n) is 10.6. The van der Waals surface area contributed by atoms with Crippen molar-refractivity contribution in [3.63, 3.8) is 0 Å². The molecule has 1 saturated heterocycles. The van der Waals surface area contributed by atoms with Gasteiger partial charge in [0.2, 0.25) is 0 Å². The smallest absolute Gasteiger partial charge is 0.308 e. The van der Waals surface area contributed by atoms with E-state index in [1.165, 1.54) is 13.8 Å². The molecule has 2 aliphatic heterocycles. The van der Waals surface area contributed by atoms with Crippen LogP contribution in [0, 0.1) is 5.92 Å². The van der Waals surface area contributed by atoms with E-state index < -0.39 is 29.6 Å². The highest BCUT2D eigenvalue weighted by Gasteiger charge is 2.65. The van der Waals surface area contributed by atoms with Crippen LogP contribution in [0.25, 0.3) is 0 Å². The molecular formula is C23H25NO7. The topological polar surface area (TPSA) is 102 Å². The van der Waals surface area contributed by atoms with Crippen molar-refractivity contribution in [2.45, 2.75) is 56.8 Å². The maximum absolute atomic E-state index is 11.8. The van der Waals surface area contributed by atoms with E-state index in [2.05, 4.69) is 11.0 Å². The predicted octanol–water partition coefficient (Wildman–Crippen LogP) is 1.83. The molecule has 1 N–H and O–H groups in total. The summed E-state index contributed by atoms with van der Waals surface area (Å²) in [5.41, 5.74) is 1.77. The van der Waals surface area contributed by atoms with Gasteiger partial charge in [0.05, 0.1) is 6.42 Å². The minimum absolute atomic E-state index is 0.0909. The number of esters is 2. The Morgan fingerprint density at radius 3 is 2.74 bits per heavy atom. The normalized spacial score (nSPS) is 32.1. The molecule has 0 unspecified atom stereocenters. The van der Waals surface area contributed by atoms with Gasteiger partial charge in [-0.1, -0.05) is 12.1 Å². The lowest BCUT2D eigenvalue weighted by molar-refractivity contribution is -0.152. The number of hydrogen-bond acceptors (Lipinski definition) is 7. The van der Waals surface area contributed by atoms with E-state index >= 15 is 0 Å². The number of carbonyl (C=O) groups excluding carboxylic acids is 2. The van der Waals surface area contributed by atoms with Gasteiger partial charge >= 0.3 is 17.9 Å². The van der Waals surface area contributed by atoms with Gasteiger partial charge in [-0.3, -0.25) is 19.3 Å². The number of rotatable bonds is 5. The number of ether oxygens (including phenoxy) is 3. The molecule has 2 heterocycles. The number of carbonyl (C=O) groups is 3. The molecule has 0 aromatic heterocycles. The summed E-state index contributed by atoms with van der Waals surface area (Å²) in [6.45, 7) is 3.96. The number of benzene rings is 1. The summed E-state index contributed by atoms with van der Waals surface area (Å²) < 4.78 is 17.5. The average Bonchev–Trinajstić information content (AvgIpc) is 3.04. The SMILES string of the molecule is CC(=O)Oc1ccc2c3c1O[C@H]1[C@@H](OC(C)=O)C=C[C@H]4[C@@H](C2)N(CCC(=O)O)CC[C@@]341. The fraction of sp³-hybridized carbons (Fsp3) is 0.522. The van der Waals surface area contributed by atoms with E-state index in [-0.39, 0.29) is 24.3 Å². The zero-order valence-corrected chi connectivity index (χ0v) is 17.5. The highest BCUT2D eigenvalue weighted by molar-refractivity contribution is 5.73. The Morgan fingerprint density at radius 2 is 2.03 bits per heavy atom. The molecule has 2 aliphatic carbocycles. The highest BCUT2D eigenvalue weighted by Crippen LogP contribution is 2.62. The molecule has 1 aromatic rings. The third-order valence-corrected chi connectivity index (χ3v) is 7.12. The fourth-order valence-electron chi connectivity index (χ4n) is 6.15. The summed E-state index contributed by atoms with van der Waals surface area (Å²) in [5.74, 6) is -0.552. The molecule has 4 aliphatic rings. The van der Waals surface area contributed by atoms with Crippen LogP contribution in [0.4, 0.5) is 0 Å². The second-order valence-electron chi connectivity index (χ2n) is 8.79.